The van der Waals surface area contributed by atoms with Gasteiger partial charge in [0.15, 0.2) is 0 Å². The maximum atomic E-state index is 12.3. The largest absolute Gasteiger partial charge is 0.304 e. The van der Waals surface area contributed by atoms with E-state index in [0.29, 0.717) is 19.5 Å². The second-order valence-corrected chi connectivity index (χ2v) is 5.52. The fraction of sp³-hybridized carbons (Fsp3) is 0.643. The molecule has 2 fully saturated rings. The van der Waals surface area contributed by atoms with Crippen LogP contribution in [0.5, 0.6) is 0 Å². The molecule has 6 nitrogen and oxygen atoms in total. The van der Waals surface area contributed by atoms with E-state index in [1.807, 2.05) is 16.9 Å². The number of rotatable bonds is 5. The molecule has 1 aliphatic heterocycles. The third-order valence-electron chi connectivity index (χ3n) is 4.16. The summed E-state index contributed by atoms with van der Waals surface area (Å²) in [5.41, 5.74) is 0. The summed E-state index contributed by atoms with van der Waals surface area (Å²) in [4.78, 5) is 25.8. The SMILES string of the molecule is O=C1CC(NCCn2cccn2)C(=O)N1C1CCCC1. The molecule has 1 N–H and O–H groups in total. The Labute approximate surface area is 118 Å². The molecule has 2 heterocycles. The topological polar surface area (TPSA) is 67.2 Å². The molecule has 1 unspecified atom stereocenters. The van der Waals surface area contributed by atoms with Gasteiger partial charge in [-0.1, -0.05) is 12.8 Å². The van der Waals surface area contributed by atoms with E-state index in [-0.39, 0.29) is 23.9 Å². The highest BCUT2D eigenvalue weighted by Crippen LogP contribution is 2.28. The van der Waals surface area contributed by atoms with Crippen molar-refractivity contribution >= 4 is 11.8 Å². The van der Waals surface area contributed by atoms with Gasteiger partial charge in [-0.05, 0) is 18.9 Å². The first-order valence-corrected chi connectivity index (χ1v) is 7.32. The zero-order valence-electron chi connectivity index (χ0n) is 11.5. The van der Waals surface area contributed by atoms with Crippen LogP contribution in [0.25, 0.3) is 0 Å². The predicted molar refractivity (Wildman–Crippen MR) is 72.7 cm³/mol. The van der Waals surface area contributed by atoms with Gasteiger partial charge in [0.05, 0.1) is 19.0 Å². The predicted octanol–water partition coefficient (Wildman–Crippen LogP) is 0.543. The number of carbonyl (C=O) groups is 2. The van der Waals surface area contributed by atoms with Gasteiger partial charge in [0, 0.05) is 25.0 Å². The van der Waals surface area contributed by atoms with E-state index in [2.05, 4.69) is 10.4 Å². The van der Waals surface area contributed by atoms with Gasteiger partial charge in [0.25, 0.3) is 0 Å². The minimum Gasteiger partial charge on any atom is -0.304 e. The minimum absolute atomic E-state index is 0.0153. The van der Waals surface area contributed by atoms with Gasteiger partial charge in [-0.2, -0.15) is 5.10 Å². The Bertz CT molecular complexity index is 479. The lowest BCUT2D eigenvalue weighted by Crippen LogP contribution is -2.43. The summed E-state index contributed by atoms with van der Waals surface area (Å²) in [6.45, 7) is 1.35. The molecule has 2 aliphatic rings. The van der Waals surface area contributed by atoms with Gasteiger partial charge in [0.2, 0.25) is 11.8 Å². The standard InChI is InChI=1S/C14H20N4O2/c19-13-10-12(15-7-9-17-8-3-6-16-17)14(20)18(13)11-4-1-2-5-11/h3,6,8,11-12,15H,1-2,4-5,7,9-10H2. The van der Waals surface area contributed by atoms with E-state index in [1.54, 1.807) is 6.20 Å². The molecule has 0 bridgehead atoms. The van der Waals surface area contributed by atoms with Crippen LogP contribution >= 0.6 is 0 Å². The molecule has 1 aromatic rings. The molecule has 1 saturated heterocycles. The lowest BCUT2D eigenvalue weighted by Gasteiger charge is -2.22. The number of likely N-dealkylation sites (tertiary alicyclic amines) is 1. The molecular formula is C14H20N4O2. The number of hydrogen-bond acceptors (Lipinski definition) is 4. The van der Waals surface area contributed by atoms with Crippen LogP contribution in [0.4, 0.5) is 0 Å². The second-order valence-electron chi connectivity index (χ2n) is 5.52. The second kappa shape index (κ2) is 5.75. The van der Waals surface area contributed by atoms with E-state index < -0.39 is 0 Å². The summed E-state index contributed by atoms with van der Waals surface area (Å²) in [6, 6.07) is 1.66. The maximum absolute atomic E-state index is 12.3. The van der Waals surface area contributed by atoms with Crippen molar-refractivity contribution in [2.24, 2.45) is 0 Å². The van der Waals surface area contributed by atoms with Crippen molar-refractivity contribution in [1.29, 1.82) is 0 Å². The van der Waals surface area contributed by atoms with Crippen molar-refractivity contribution in [2.45, 2.75) is 50.7 Å². The Balaban J connectivity index is 1.53. The number of aromatic nitrogens is 2. The molecule has 1 aromatic heterocycles. The fourth-order valence-corrected chi connectivity index (χ4v) is 3.14. The Hall–Kier alpha value is -1.69. The number of amides is 2. The summed E-state index contributed by atoms with van der Waals surface area (Å²) < 4.78 is 1.81. The molecule has 0 spiro atoms. The summed E-state index contributed by atoms with van der Waals surface area (Å²) in [6.07, 6.45) is 8.10. The average molecular weight is 276 g/mol. The average Bonchev–Trinajstić information content (AvgIpc) is 3.13. The summed E-state index contributed by atoms with van der Waals surface area (Å²) in [5, 5.41) is 7.29. The Morgan fingerprint density at radius 3 is 2.80 bits per heavy atom. The zero-order valence-corrected chi connectivity index (χ0v) is 11.5. The van der Waals surface area contributed by atoms with Gasteiger partial charge in [0.1, 0.15) is 0 Å². The van der Waals surface area contributed by atoms with Gasteiger partial charge in [-0.3, -0.25) is 19.2 Å². The Morgan fingerprint density at radius 2 is 2.10 bits per heavy atom. The molecule has 3 rings (SSSR count). The van der Waals surface area contributed by atoms with E-state index in [0.717, 1.165) is 25.7 Å². The molecule has 2 amide bonds. The lowest BCUT2D eigenvalue weighted by atomic mass is 10.2. The van der Waals surface area contributed by atoms with Crippen LogP contribution < -0.4 is 5.32 Å². The molecule has 0 aromatic carbocycles. The van der Waals surface area contributed by atoms with Crippen molar-refractivity contribution in [3.63, 3.8) is 0 Å². The number of carbonyl (C=O) groups excluding carboxylic acids is 2. The van der Waals surface area contributed by atoms with Crippen molar-refractivity contribution in [2.75, 3.05) is 6.54 Å². The van der Waals surface area contributed by atoms with Crippen LogP contribution in [0.1, 0.15) is 32.1 Å². The zero-order chi connectivity index (χ0) is 13.9. The normalized spacial score (nSPS) is 24.0. The smallest absolute Gasteiger partial charge is 0.247 e. The lowest BCUT2D eigenvalue weighted by molar-refractivity contribution is -0.141. The molecule has 108 valence electrons. The first-order valence-electron chi connectivity index (χ1n) is 7.32. The molecular weight excluding hydrogens is 256 g/mol. The Kier molecular flexibility index (Phi) is 3.82. The van der Waals surface area contributed by atoms with Crippen LogP contribution in [0.15, 0.2) is 18.5 Å². The van der Waals surface area contributed by atoms with E-state index in [9.17, 15) is 9.59 Å². The van der Waals surface area contributed by atoms with Crippen LogP contribution in [-0.2, 0) is 16.1 Å². The van der Waals surface area contributed by atoms with Crippen molar-refractivity contribution in [1.82, 2.24) is 20.0 Å². The molecule has 1 saturated carbocycles. The fourth-order valence-electron chi connectivity index (χ4n) is 3.14. The Morgan fingerprint density at radius 1 is 1.30 bits per heavy atom. The van der Waals surface area contributed by atoms with Crippen LogP contribution in [0.2, 0.25) is 0 Å². The van der Waals surface area contributed by atoms with E-state index >= 15 is 0 Å². The highest BCUT2D eigenvalue weighted by molar-refractivity contribution is 6.05. The summed E-state index contributed by atoms with van der Waals surface area (Å²) >= 11 is 0. The third kappa shape index (κ3) is 2.60. The van der Waals surface area contributed by atoms with Crippen LogP contribution in [-0.4, -0.2) is 45.1 Å². The first-order chi connectivity index (χ1) is 9.75. The summed E-state index contributed by atoms with van der Waals surface area (Å²) in [5.74, 6) is -0.0548. The van der Waals surface area contributed by atoms with Crippen LogP contribution in [0, 0.1) is 0 Å². The molecule has 20 heavy (non-hydrogen) atoms. The monoisotopic (exact) mass is 276 g/mol. The maximum Gasteiger partial charge on any atom is 0.247 e. The van der Waals surface area contributed by atoms with Gasteiger partial charge >= 0.3 is 0 Å². The van der Waals surface area contributed by atoms with E-state index in [4.69, 9.17) is 0 Å². The van der Waals surface area contributed by atoms with Gasteiger partial charge < -0.3 is 5.32 Å². The third-order valence-corrected chi connectivity index (χ3v) is 4.16. The number of imide groups is 1. The van der Waals surface area contributed by atoms with Gasteiger partial charge in [-0.15, -0.1) is 0 Å². The number of nitrogens with one attached hydrogen (secondary N) is 1. The van der Waals surface area contributed by atoms with Crippen LogP contribution in [0.3, 0.4) is 0 Å². The van der Waals surface area contributed by atoms with Gasteiger partial charge in [-0.25, -0.2) is 0 Å². The van der Waals surface area contributed by atoms with Crippen molar-refractivity contribution in [3.05, 3.63) is 18.5 Å². The highest BCUT2D eigenvalue weighted by atomic mass is 16.2. The highest BCUT2D eigenvalue weighted by Gasteiger charge is 2.42. The minimum atomic E-state index is -0.348. The number of nitrogens with zero attached hydrogens (tertiary/aromatic N) is 3. The molecule has 1 aliphatic carbocycles. The van der Waals surface area contributed by atoms with Crippen molar-refractivity contribution < 1.29 is 9.59 Å². The van der Waals surface area contributed by atoms with E-state index in [1.165, 1.54) is 4.90 Å². The van der Waals surface area contributed by atoms with Crippen molar-refractivity contribution in [3.8, 4) is 0 Å². The quantitative estimate of drug-likeness (QED) is 0.797. The number of hydrogen-bond donors (Lipinski definition) is 1. The molecule has 1 atom stereocenters. The molecule has 6 heteroatoms. The first kappa shape index (κ1) is 13.3. The summed E-state index contributed by atoms with van der Waals surface area (Å²) in [7, 11) is 0. The molecule has 0 radical (unpaired) electrons.